The highest BCUT2D eigenvalue weighted by Gasteiger charge is 2.15. The van der Waals surface area contributed by atoms with Crippen LogP contribution in [0.4, 0.5) is 0 Å². The van der Waals surface area contributed by atoms with Crippen LogP contribution in [0.5, 0.6) is 5.75 Å². The van der Waals surface area contributed by atoms with E-state index in [-0.39, 0.29) is 0 Å². The Hall–Kier alpha value is -2.00. The monoisotopic (exact) mass is 276 g/mol. The summed E-state index contributed by atoms with van der Waals surface area (Å²) in [5, 5.41) is 7.82. The van der Waals surface area contributed by atoms with Gasteiger partial charge in [0.1, 0.15) is 5.75 Å². The highest BCUT2D eigenvalue weighted by atomic mass is 35.5. The van der Waals surface area contributed by atoms with E-state index in [1.54, 1.807) is 19.2 Å². The molecule has 2 aromatic rings. The average molecular weight is 277 g/mol. The topological polar surface area (TPSA) is 46.5 Å². The summed E-state index contributed by atoms with van der Waals surface area (Å²) in [6, 6.07) is 14.8. The van der Waals surface area contributed by atoms with Crippen molar-refractivity contribution < 1.29 is 14.6 Å². The Morgan fingerprint density at radius 1 is 1.05 bits per heavy atom. The van der Waals surface area contributed by atoms with Gasteiger partial charge in [-0.15, -0.1) is 11.6 Å². The molecule has 1 atom stereocenters. The van der Waals surface area contributed by atoms with Crippen LogP contribution >= 0.6 is 11.6 Å². The number of ether oxygens (including phenoxy) is 1. The van der Waals surface area contributed by atoms with Crippen LogP contribution in [0.25, 0.3) is 11.1 Å². The van der Waals surface area contributed by atoms with Gasteiger partial charge in [0.2, 0.25) is 0 Å². The molecule has 3 nitrogen and oxygen atoms in total. The van der Waals surface area contributed by atoms with E-state index in [0.29, 0.717) is 5.56 Å². The van der Waals surface area contributed by atoms with Crippen molar-refractivity contribution in [1.29, 1.82) is 0 Å². The minimum atomic E-state index is -1.04. The van der Waals surface area contributed by atoms with E-state index in [0.717, 1.165) is 16.9 Å². The molecule has 2 rings (SSSR count). The summed E-state index contributed by atoms with van der Waals surface area (Å²) in [5.74, 6) is -0.245. The van der Waals surface area contributed by atoms with Gasteiger partial charge in [-0.05, 0) is 28.8 Å². The van der Waals surface area contributed by atoms with Gasteiger partial charge in [0.05, 0.1) is 7.11 Å². The van der Waals surface area contributed by atoms with Crippen molar-refractivity contribution in [2.75, 3.05) is 7.11 Å². The average Bonchev–Trinajstić information content (AvgIpc) is 2.46. The quantitative estimate of drug-likeness (QED) is 0.866. The first-order valence-corrected chi connectivity index (χ1v) is 6.16. The summed E-state index contributed by atoms with van der Waals surface area (Å²) < 4.78 is 5.10. The summed E-state index contributed by atoms with van der Waals surface area (Å²) in [6.07, 6.45) is 0. The number of hydrogen-bond donors (Lipinski definition) is 1. The lowest BCUT2D eigenvalue weighted by Gasteiger charge is -2.07. The zero-order valence-electron chi connectivity index (χ0n) is 10.3. The van der Waals surface area contributed by atoms with Crippen LogP contribution in [-0.4, -0.2) is 18.2 Å². The summed E-state index contributed by atoms with van der Waals surface area (Å²) in [6.45, 7) is 0. The number of carboxylic acid groups (broad SMARTS) is 1. The molecule has 1 N–H and O–H groups in total. The fourth-order valence-corrected chi connectivity index (χ4v) is 1.92. The number of aliphatic carboxylic acids is 1. The molecule has 0 spiro atoms. The van der Waals surface area contributed by atoms with Crippen molar-refractivity contribution in [1.82, 2.24) is 0 Å². The lowest BCUT2D eigenvalue weighted by Crippen LogP contribution is -2.04. The molecule has 0 amide bonds. The van der Waals surface area contributed by atoms with Gasteiger partial charge in [0, 0.05) is 0 Å². The number of alkyl halides is 1. The molecule has 2 aromatic carbocycles. The smallest absolute Gasteiger partial charge is 0.326 e. The van der Waals surface area contributed by atoms with Gasteiger partial charge in [-0.25, -0.2) is 0 Å². The van der Waals surface area contributed by atoms with E-state index < -0.39 is 11.3 Å². The molecule has 98 valence electrons. The Morgan fingerprint density at radius 3 is 1.95 bits per heavy atom. The van der Waals surface area contributed by atoms with E-state index in [4.69, 9.17) is 21.4 Å². The van der Waals surface area contributed by atoms with Gasteiger partial charge in [0.15, 0.2) is 5.38 Å². The molecule has 0 saturated heterocycles. The highest BCUT2D eigenvalue weighted by molar-refractivity contribution is 6.29. The number of halogens is 1. The molecule has 0 aliphatic rings. The first kappa shape index (κ1) is 13.4. The minimum absolute atomic E-state index is 0.575. The van der Waals surface area contributed by atoms with E-state index in [1.807, 2.05) is 36.4 Å². The Balaban J connectivity index is 2.24. The summed E-state index contributed by atoms with van der Waals surface area (Å²) in [4.78, 5) is 10.8. The highest BCUT2D eigenvalue weighted by Crippen LogP contribution is 2.26. The van der Waals surface area contributed by atoms with Crippen LogP contribution in [0.3, 0.4) is 0 Å². The second-order valence-electron chi connectivity index (χ2n) is 4.05. The second-order valence-corrected chi connectivity index (χ2v) is 4.49. The van der Waals surface area contributed by atoms with E-state index in [2.05, 4.69) is 0 Å². The maximum atomic E-state index is 10.8. The lowest BCUT2D eigenvalue weighted by molar-refractivity contribution is -0.136. The third kappa shape index (κ3) is 3.06. The standard InChI is InChI=1S/C15H13ClO3/c1-19-13-8-6-11(7-9-13)10-2-4-12(5-3-10)14(16)15(17)18/h2-9,14H,1H3,(H,17,18). The molecule has 0 saturated carbocycles. The van der Waals surface area contributed by atoms with Crippen LogP contribution in [0.2, 0.25) is 0 Å². The largest absolute Gasteiger partial charge is 0.497 e. The van der Waals surface area contributed by atoms with Crippen molar-refractivity contribution in [3.63, 3.8) is 0 Å². The molecule has 0 aromatic heterocycles. The van der Waals surface area contributed by atoms with Gasteiger partial charge in [-0.3, -0.25) is 4.79 Å². The molecular weight excluding hydrogens is 264 g/mol. The lowest BCUT2D eigenvalue weighted by atomic mass is 10.0. The fraction of sp³-hybridized carbons (Fsp3) is 0.133. The zero-order chi connectivity index (χ0) is 13.8. The normalized spacial score (nSPS) is 11.9. The third-order valence-electron chi connectivity index (χ3n) is 2.84. The Labute approximate surface area is 116 Å². The van der Waals surface area contributed by atoms with Crippen LogP contribution in [0.15, 0.2) is 48.5 Å². The van der Waals surface area contributed by atoms with Crippen LogP contribution < -0.4 is 4.74 Å². The summed E-state index contributed by atoms with van der Waals surface area (Å²) in [5.41, 5.74) is 2.61. The fourth-order valence-electron chi connectivity index (χ4n) is 1.77. The third-order valence-corrected chi connectivity index (χ3v) is 3.28. The summed E-state index contributed by atoms with van der Waals surface area (Å²) in [7, 11) is 1.62. The van der Waals surface area contributed by atoms with Gasteiger partial charge >= 0.3 is 5.97 Å². The summed E-state index contributed by atoms with van der Waals surface area (Å²) >= 11 is 5.76. The van der Waals surface area contributed by atoms with Crippen molar-refractivity contribution >= 4 is 17.6 Å². The second kappa shape index (κ2) is 5.76. The van der Waals surface area contributed by atoms with Crippen molar-refractivity contribution in [3.8, 4) is 16.9 Å². The van der Waals surface area contributed by atoms with Crippen molar-refractivity contribution in [2.45, 2.75) is 5.38 Å². The molecule has 4 heteroatoms. The van der Waals surface area contributed by atoms with Gasteiger partial charge in [-0.1, -0.05) is 36.4 Å². The van der Waals surface area contributed by atoms with E-state index in [1.165, 1.54) is 0 Å². The molecule has 0 fully saturated rings. The van der Waals surface area contributed by atoms with Gasteiger partial charge in [-0.2, -0.15) is 0 Å². The number of benzene rings is 2. The Kier molecular flexibility index (Phi) is 4.07. The van der Waals surface area contributed by atoms with E-state index in [9.17, 15) is 4.79 Å². The number of methoxy groups -OCH3 is 1. The number of rotatable bonds is 4. The number of carbonyl (C=O) groups is 1. The van der Waals surface area contributed by atoms with Crippen LogP contribution in [-0.2, 0) is 4.79 Å². The van der Waals surface area contributed by atoms with Gasteiger partial charge in [0.25, 0.3) is 0 Å². The van der Waals surface area contributed by atoms with Gasteiger partial charge < -0.3 is 9.84 Å². The SMILES string of the molecule is COc1ccc(-c2ccc(C(Cl)C(=O)O)cc2)cc1. The minimum Gasteiger partial charge on any atom is -0.497 e. The molecule has 19 heavy (non-hydrogen) atoms. The molecular formula is C15H13ClO3. The number of carboxylic acids is 1. The number of hydrogen-bond acceptors (Lipinski definition) is 2. The van der Waals surface area contributed by atoms with E-state index >= 15 is 0 Å². The first-order valence-electron chi connectivity index (χ1n) is 5.73. The molecule has 0 aliphatic carbocycles. The Morgan fingerprint density at radius 2 is 1.53 bits per heavy atom. The molecule has 0 bridgehead atoms. The van der Waals surface area contributed by atoms with Crippen molar-refractivity contribution in [2.24, 2.45) is 0 Å². The molecule has 0 aliphatic heterocycles. The first-order chi connectivity index (χ1) is 9.11. The maximum absolute atomic E-state index is 10.8. The molecule has 0 heterocycles. The molecule has 1 unspecified atom stereocenters. The van der Waals surface area contributed by atoms with Crippen molar-refractivity contribution in [3.05, 3.63) is 54.1 Å². The Bertz CT molecular complexity index is 561. The molecule has 0 radical (unpaired) electrons. The van der Waals surface area contributed by atoms with Crippen LogP contribution in [0, 0.1) is 0 Å². The predicted octanol–water partition coefficient (Wildman–Crippen LogP) is 3.73. The maximum Gasteiger partial charge on any atom is 0.326 e. The zero-order valence-corrected chi connectivity index (χ0v) is 11.1. The van der Waals surface area contributed by atoms with Crippen LogP contribution in [0.1, 0.15) is 10.9 Å². The predicted molar refractivity (Wildman–Crippen MR) is 74.7 cm³/mol.